The van der Waals surface area contributed by atoms with Crippen molar-refractivity contribution >= 4 is 5.91 Å². The molecule has 2 atom stereocenters. The zero-order valence-electron chi connectivity index (χ0n) is 18.2. The number of alkyl halides is 3. The summed E-state index contributed by atoms with van der Waals surface area (Å²) >= 11 is 0. The van der Waals surface area contributed by atoms with Gasteiger partial charge < -0.3 is 29.7 Å². The summed E-state index contributed by atoms with van der Waals surface area (Å²) in [4.78, 5) is 24.9. The first-order valence-corrected chi connectivity index (χ1v) is 10.2. The maximum Gasteiger partial charge on any atom is 0.431 e. The van der Waals surface area contributed by atoms with Crippen molar-refractivity contribution in [2.45, 2.75) is 31.7 Å². The first-order valence-electron chi connectivity index (χ1n) is 10.2. The van der Waals surface area contributed by atoms with Crippen LogP contribution in [0.25, 0.3) is 11.1 Å². The second kappa shape index (κ2) is 9.94. The van der Waals surface area contributed by atoms with Gasteiger partial charge in [-0.1, -0.05) is 12.1 Å². The summed E-state index contributed by atoms with van der Waals surface area (Å²) in [6, 6.07) is 6.58. The van der Waals surface area contributed by atoms with Crippen molar-refractivity contribution in [3.8, 4) is 16.9 Å². The quantitative estimate of drug-likeness (QED) is 0.614. The first-order chi connectivity index (χ1) is 15.5. The number of benzene rings is 1. The number of hydrogen-bond donors (Lipinski definition) is 2. The number of rotatable bonds is 8. The number of aromatic amines is 1. The summed E-state index contributed by atoms with van der Waals surface area (Å²) in [6.45, 7) is 5.60. The molecule has 0 aliphatic carbocycles. The number of ether oxygens (including phenoxy) is 4. The maximum atomic E-state index is 13.4. The average Bonchev–Trinajstić information content (AvgIpc) is 2.76. The Balaban J connectivity index is 1.75. The van der Waals surface area contributed by atoms with Gasteiger partial charge in [0, 0.05) is 12.2 Å². The molecule has 0 spiro atoms. The minimum absolute atomic E-state index is 0.120. The highest BCUT2D eigenvalue weighted by molar-refractivity contribution is 5.94. The Kier molecular flexibility index (Phi) is 7.45. The van der Waals surface area contributed by atoms with Crippen molar-refractivity contribution in [2.24, 2.45) is 5.73 Å². The lowest BCUT2D eigenvalue weighted by Crippen LogP contribution is -2.50. The summed E-state index contributed by atoms with van der Waals surface area (Å²) < 4.78 is 63.1. The maximum absolute atomic E-state index is 13.4. The lowest BCUT2D eigenvalue weighted by Gasteiger charge is -2.38. The second-order valence-corrected chi connectivity index (χ2v) is 7.84. The molecular weight excluding hydrogens is 445 g/mol. The molecule has 0 radical (unpaired) electrons. The molecule has 8 nitrogen and oxygen atoms in total. The number of carbonyl (C=O) groups is 1. The number of carbonyl (C=O) groups excluding carboxylic acids is 1. The van der Waals surface area contributed by atoms with Gasteiger partial charge in [-0.2, -0.15) is 13.2 Å². The summed E-state index contributed by atoms with van der Waals surface area (Å²) in [7, 11) is 0. The van der Waals surface area contributed by atoms with Crippen LogP contribution in [-0.2, 0) is 20.4 Å². The topological polar surface area (TPSA) is 113 Å². The van der Waals surface area contributed by atoms with Crippen molar-refractivity contribution in [2.75, 3.05) is 33.0 Å². The van der Waals surface area contributed by atoms with Gasteiger partial charge >= 0.3 is 6.18 Å². The molecule has 1 fully saturated rings. The highest BCUT2D eigenvalue weighted by Gasteiger charge is 2.36. The molecule has 3 N–H and O–H groups in total. The monoisotopic (exact) mass is 470 g/mol. The highest BCUT2D eigenvalue weighted by Crippen LogP contribution is 2.35. The Morgan fingerprint density at radius 1 is 1.30 bits per heavy atom. The van der Waals surface area contributed by atoms with Gasteiger partial charge in [0.05, 0.1) is 19.8 Å². The van der Waals surface area contributed by atoms with Crippen molar-refractivity contribution in [1.82, 2.24) is 4.98 Å². The van der Waals surface area contributed by atoms with E-state index in [-0.39, 0.29) is 23.8 Å². The van der Waals surface area contributed by atoms with E-state index in [0.717, 1.165) is 6.07 Å². The first kappa shape index (κ1) is 24.7. The zero-order valence-corrected chi connectivity index (χ0v) is 18.2. The van der Waals surface area contributed by atoms with Gasteiger partial charge in [-0.05, 0) is 37.6 Å². The number of primary amides is 1. The molecule has 11 heteroatoms. The molecule has 0 unspecified atom stereocenters. The fraction of sp³-hybridized carbons (Fsp3) is 0.455. The number of amides is 1. The molecular formula is C22H25F3N2O6. The number of H-pyrrole nitrogens is 1. The smallest absolute Gasteiger partial charge is 0.431 e. The molecule has 0 bridgehead atoms. The summed E-state index contributed by atoms with van der Waals surface area (Å²) in [5.74, 6) is -0.732. The van der Waals surface area contributed by atoms with Crippen LogP contribution in [0.3, 0.4) is 0 Å². The summed E-state index contributed by atoms with van der Waals surface area (Å²) in [5, 5.41) is 0. The third-order valence-electron chi connectivity index (χ3n) is 4.97. The standard InChI is InChI=1S/C22H25F3N2O6/c1-3-30-11-21(2)12-31-9-15(33-21)10-32-14-6-4-13(5-7-14)16-8-17(19(26)28)20(29)27-18(16)22(23,24)25/h4-8,15H,3,9-12H2,1-2H3,(H2,26,28)(H,27,29)/t15-,21-/m0/s1. The normalized spacial score (nSPS) is 21.1. The van der Waals surface area contributed by atoms with Crippen LogP contribution in [0.2, 0.25) is 0 Å². The minimum atomic E-state index is -4.84. The Morgan fingerprint density at radius 3 is 2.61 bits per heavy atom. The van der Waals surface area contributed by atoms with E-state index in [2.05, 4.69) is 0 Å². The Labute approximate surface area is 187 Å². The van der Waals surface area contributed by atoms with Crippen LogP contribution in [0.1, 0.15) is 29.9 Å². The van der Waals surface area contributed by atoms with Crippen molar-refractivity contribution in [3.05, 3.63) is 51.9 Å². The molecule has 180 valence electrons. The number of nitrogens with two attached hydrogens (primary N) is 1. The number of pyridine rings is 1. The van der Waals surface area contributed by atoms with Gasteiger partial charge in [0.1, 0.15) is 35.3 Å². The van der Waals surface area contributed by atoms with Crippen molar-refractivity contribution in [1.29, 1.82) is 0 Å². The average molecular weight is 470 g/mol. The molecule has 33 heavy (non-hydrogen) atoms. The summed E-state index contributed by atoms with van der Waals surface area (Å²) in [6.07, 6.45) is -5.19. The SMILES string of the molecule is CCOC[C@@]1(C)COC[C@@H](COc2ccc(-c3cc(C(N)=O)c(=O)[nH]c3C(F)(F)F)cc2)O1. The lowest BCUT2D eigenvalue weighted by atomic mass is 10.0. The number of nitrogens with one attached hydrogen (secondary N) is 1. The van der Waals surface area contributed by atoms with Crippen LogP contribution in [0.5, 0.6) is 5.75 Å². The third kappa shape index (κ3) is 6.12. The summed E-state index contributed by atoms with van der Waals surface area (Å²) in [5.41, 5.74) is 1.22. The van der Waals surface area contributed by atoms with Crippen LogP contribution >= 0.6 is 0 Å². The molecule has 0 saturated carbocycles. The molecule has 2 aromatic rings. The molecule has 1 amide bonds. The van der Waals surface area contributed by atoms with E-state index in [4.69, 9.17) is 24.7 Å². The predicted octanol–water partition coefficient (Wildman–Crippen LogP) is 2.75. The van der Waals surface area contributed by atoms with Crippen LogP contribution < -0.4 is 16.0 Å². The van der Waals surface area contributed by atoms with Gasteiger partial charge in [-0.15, -0.1) is 0 Å². The predicted molar refractivity (Wildman–Crippen MR) is 112 cm³/mol. The van der Waals surface area contributed by atoms with Gasteiger partial charge in [-0.25, -0.2) is 0 Å². The molecule has 1 aliphatic rings. The second-order valence-electron chi connectivity index (χ2n) is 7.84. The highest BCUT2D eigenvalue weighted by atomic mass is 19.4. The van der Waals surface area contributed by atoms with Gasteiger partial charge in [0.25, 0.3) is 11.5 Å². The fourth-order valence-electron chi connectivity index (χ4n) is 3.44. The molecule has 1 aliphatic heterocycles. The number of aromatic nitrogens is 1. The minimum Gasteiger partial charge on any atom is -0.491 e. The third-order valence-corrected chi connectivity index (χ3v) is 4.97. The van der Waals surface area contributed by atoms with Gasteiger partial charge in [0.2, 0.25) is 0 Å². The van der Waals surface area contributed by atoms with E-state index in [9.17, 15) is 22.8 Å². The van der Waals surface area contributed by atoms with E-state index >= 15 is 0 Å². The zero-order chi connectivity index (χ0) is 24.2. The van der Waals surface area contributed by atoms with Gasteiger partial charge in [0.15, 0.2) is 0 Å². The van der Waals surface area contributed by atoms with Crippen LogP contribution in [0, 0.1) is 0 Å². The van der Waals surface area contributed by atoms with Gasteiger partial charge in [-0.3, -0.25) is 9.59 Å². The molecule has 1 aromatic heterocycles. The lowest BCUT2D eigenvalue weighted by molar-refractivity contribution is -0.215. The van der Waals surface area contributed by atoms with Crippen molar-refractivity contribution in [3.63, 3.8) is 0 Å². The molecule has 2 heterocycles. The van der Waals surface area contributed by atoms with E-state index < -0.39 is 34.5 Å². The van der Waals surface area contributed by atoms with Crippen LogP contribution in [0.15, 0.2) is 35.1 Å². The van der Waals surface area contributed by atoms with Crippen LogP contribution in [-0.4, -0.2) is 55.6 Å². The van der Waals surface area contributed by atoms with E-state index in [1.54, 1.807) is 4.98 Å². The molecule has 3 rings (SSSR count). The molecule has 1 saturated heterocycles. The van der Waals surface area contributed by atoms with Crippen LogP contribution in [0.4, 0.5) is 13.2 Å². The van der Waals surface area contributed by atoms with E-state index in [1.165, 1.54) is 24.3 Å². The molecule has 1 aromatic carbocycles. The fourth-order valence-corrected chi connectivity index (χ4v) is 3.44. The number of hydrogen-bond acceptors (Lipinski definition) is 6. The largest absolute Gasteiger partial charge is 0.491 e. The Hall–Kier alpha value is -2.89. The number of halogens is 3. The van der Waals surface area contributed by atoms with E-state index in [1.807, 2.05) is 13.8 Å². The van der Waals surface area contributed by atoms with E-state index in [0.29, 0.717) is 32.2 Å². The van der Waals surface area contributed by atoms with Crippen molar-refractivity contribution < 1.29 is 36.9 Å². The Bertz CT molecular complexity index is 1040. The Morgan fingerprint density at radius 2 is 2.00 bits per heavy atom.